The van der Waals surface area contributed by atoms with E-state index in [9.17, 15) is 19.5 Å². The molecule has 1 saturated heterocycles. The predicted molar refractivity (Wildman–Crippen MR) is 129 cm³/mol. The molecular weight excluding hydrogens is 444 g/mol. The lowest BCUT2D eigenvalue weighted by Gasteiger charge is -2.34. The summed E-state index contributed by atoms with van der Waals surface area (Å²) in [6, 6.07) is 16.2. The molecule has 2 amide bonds. The van der Waals surface area contributed by atoms with Crippen LogP contribution in [0.1, 0.15) is 42.7 Å². The summed E-state index contributed by atoms with van der Waals surface area (Å²) in [7, 11) is 0. The fraction of sp³-hybridized carbons (Fsp3) is 0.464. The van der Waals surface area contributed by atoms with E-state index in [4.69, 9.17) is 4.74 Å². The van der Waals surface area contributed by atoms with Crippen molar-refractivity contribution in [3.8, 4) is 11.1 Å². The summed E-state index contributed by atoms with van der Waals surface area (Å²) >= 11 is 0. The molecule has 6 rings (SSSR count). The Bertz CT molecular complexity index is 1120. The molecule has 2 saturated carbocycles. The second-order valence-corrected chi connectivity index (χ2v) is 10.4. The number of hydrogen-bond donors (Lipinski definition) is 2. The van der Waals surface area contributed by atoms with Crippen LogP contribution < -0.4 is 5.32 Å². The van der Waals surface area contributed by atoms with Crippen molar-refractivity contribution in [3.63, 3.8) is 0 Å². The van der Waals surface area contributed by atoms with Gasteiger partial charge in [0.1, 0.15) is 6.61 Å². The van der Waals surface area contributed by atoms with Gasteiger partial charge in [0.15, 0.2) is 0 Å². The molecule has 182 valence electrons. The lowest BCUT2D eigenvalue weighted by atomic mass is 9.83. The molecule has 2 N–H and O–H groups in total. The van der Waals surface area contributed by atoms with E-state index in [1.165, 1.54) is 22.3 Å². The minimum absolute atomic E-state index is 0.00422. The van der Waals surface area contributed by atoms with E-state index >= 15 is 0 Å². The van der Waals surface area contributed by atoms with E-state index in [1.54, 1.807) is 0 Å². The zero-order chi connectivity index (χ0) is 24.1. The Morgan fingerprint density at radius 1 is 0.914 bits per heavy atom. The number of alkyl carbamates (subject to hydrolysis) is 1. The van der Waals surface area contributed by atoms with E-state index in [2.05, 4.69) is 29.6 Å². The van der Waals surface area contributed by atoms with Crippen molar-refractivity contribution in [2.24, 2.45) is 23.7 Å². The van der Waals surface area contributed by atoms with Crippen molar-refractivity contribution < 1.29 is 24.2 Å². The van der Waals surface area contributed by atoms with Crippen LogP contribution in [0, 0.1) is 23.7 Å². The van der Waals surface area contributed by atoms with E-state index in [0.29, 0.717) is 13.1 Å². The highest BCUT2D eigenvalue weighted by Crippen LogP contribution is 2.52. The number of ether oxygens (including phenoxy) is 1. The molecule has 7 nitrogen and oxygen atoms in total. The summed E-state index contributed by atoms with van der Waals surface area (Å²) in [6.07, 6.45) is 2.93. The van der Waals surface area contributed by atoms with Crippen molar-refractivity contribution in [2.75, 3.05) is 19.7 Å². The van der Waals surface area contributed by atoms with Gasteiger partial charge in [-0.15, -0.1) is 0 Å². The first kappa shape index (κ1) is 22.1. The van der Waals surface area contributed by atoms with Gasteiger partial charge < -0.3 is 20.1 Å². The fourth-order valence-electron chi connectivity index (χ4n) is 6.70. The monoisotopic (exact) mass is 474 g/mol. The summed E-state index contributed by atoms with van der Waals surface area (Å²) in [5, 5.41) is 12.2. The van der Waals surface area contributed by atoms with Gasteiger partial charge >= 0.3 is 12.1 Å². The van der Waals surface area contributed by atoms with Crippen LogP contribution in [0.3, 0.4) is 0 Å². The normalized spacial score (nSPS) is 28.6. The quantitative estimate of drug-likeness (QED) is 0.686. The average Bonchev–Trinajstić information content (AvgIpc) is 3.22. The fourth-order valence-corrected chi connectivity index (χ4v) is 6.70. The Morgan fingerprint density at radius 3 is 2.14 bits per heavy atom. The second-order valence-electron chi connectivity index (χ2n) is 10.4. The number of carbonyl (C=O) groups is 3. The Labute approximate surface area is 204 Å². The van der Waals surface area contributed by atoms with Gasteiger partial charge in [-0.05, 0) is 46.9 Å². The number of fused-ring (bicyclic) bond motifs is 4. The highest BCUT2D eigenvalue weighted by molar-refractivity contribution is 5.83. The molecule has 2 aromatic rings. The number of hydrogen-bond acceptors (Lipinski definition) is 4. The first-order valence-electron chi connectivity index (χ1n) is 12.7. The van der Waals surface area contributed by atoms with Crippen LogP contribution in [0.4, 0.5) is 4.79 Å². The first-order valence-corrected chi connectivity index (χ1v) is 12.7. The molecule has 3 fully saturated rings. The molecule has 2 aromatic carbocycles. The summed E-state index contributed by atoms with van der Waals surface area (Å²) in [4.78, 5) is 39.2. The third kappa shape index (κ3) is 3.87. The molecule has 3 aliphatic carbocycles. The maximum absolute atomic E-state index is 13.3. The standard InChI is InChI=1S/C28H30N2O5/c31-26(30-13-21-22(14-30)25(21)27(32)33)20-11-5-6-12-24(20)29-28(34)35-15-23-18-9-3-1-7-16(18)17-8-2-4-10-19(17)23/h1-4,7-10,20-25H,5-6,11-15H2,(H,29,34)(H,32,33)/t20-,21-,22+,24+,25?/m0/s1. The molecule has 1 heterocycles. The first-order chi connectivity index (χ1) is 17.0. The van der Waals surface area contributed by atoms with Gasteiger partial charge in [-0.3, -0.25) is 9.59 Å². The smallest absolute Gasteiger partial charge is 0.407 e. The summed E-state index contributed by atoms with van der Waals surface area (Å²) in [6.45, 7) is 1.29. The highest BCUT2D eigenvalue weighted by Gasteiger charge is 2.61. The van der Waals surface area contributed by atoms with Crippen LogP contribution in [0.5, 0.6) is 0 Å². The molecule has 7 heteroatoms. The Balaban J connectivity index is 1.08. The van der Waals surface area contributed by atoms with Gasteiger partial charge in [-0.25, -0.2) is 4.79 Å². The largest absolute Gasteiger partial charge is 0.481 e. The van der Waals surface area contributed by atoms with Crippen molar-refractivity contribution in [1.82, 2.24) is 10.2 Å². The minimum Gasteiger partial charge on any atom is -0.481 e. The van der Waals surface area contributed by atoms with Crippen LogP contribution >= 0.6 is 0 Å². The number of aliphatic carboxylic acids is 1. The molecule has 0 spiro atoms. The number of nitrogens with one attached hydrogen (secondary N) is 1. The summed E-state index contributed by atoms with van der Waals surface area (Å²) in [5.74, 6) is -1.09. The van der Waals surface area contributed by atoms with Crippen LogP contribution in [0.2, 0.25) is 0 Å². The predicted octanol–water partition coefficient (Wildman–Crippen LogP) is 3.87. The number of carboxylic acid groups (broad SMARTS) is 1. The van der Waals surface area contributed by atoms with Crippen LogP contribution in [-0.4, -0.2) is 53.7 Å². The van der Waals surface area contributed by atoms with Gasteiger partial charge in [0.2, 0.25) is 5.91 Å². The lowest BCUT2D eigenvalue weighted by molar-refractivity contribution is -0.142. The summed E-state index contributed by atoms with van der Waals surface area (Å²) < 4.78 is 5.72. The highest BCUT2D eigenvalue weighted by atomic mass is 16.5. The van der Waals surface area contributed by atoms with E-state index < -0.39 is 12.1 Å². The maximum atomic E-state index is 13.3. The third-order valence-electron chi connectivity index (χ3n) is 8.52. The van der Waals surface area contributed by atoms with Crippen LogP contribution in [-0.2, 0) is 14.3 Å². The molecule has 0 bridgehead atoms. The number of carboxylic acids is 1. The third-order valence-corrected chi connectivity index (χ3v) is 8.52. The van der Waals surface area contributed by atoms with Crippen LogP contribution in [0.25, 0.3) is 11.1 Å². The SMILES string of the molecule is O=C(N[C@@H]1CCCC[C@@H]1C(=O)N1C[C@@H]2C(C(=O)O)[C@@H]2C1)OCC1c2ccccc2-c2ccccc21. The van der Waals surface area contributed by atoms with Crippen molar-refractivity contribution in [2.45, 2.75) is 37.6 Å². The second kappa shape index (κ2) is 8.70. The number of benzene rings is 2. The van der Waals surface area contributed by atoms with Gasteiger partial charge in [0.05, 0.1) is 11.8 Å². The topological polar surface area (TPSA) is 95.9 Å². The Hall–Kier alpha value is -3.35. The van der Waals surface area contributed by atoms with Gasteiger partial charge in [-0.2, -0.15) is 0 Å². The molecule has 4 aliphatic rings. The Kier molecular flexibility index (Phi) is 5.50. The molecule has 0 aromatic heterocycles. The zero-order valence-corrected chi connectivity index (χ0v) is 19.6. The molecule has 0 radical (unpaired) electrons. The van der Waals surface area contributed by atoms with Gasteiger partial charge in [0.25, 0.3) is 0 Å². The number of rotatable bonds is 5. The lowest BCUT2D eigenvalue weighted by Crippen LogP contribution is -2.50. The van der Waals surface area contributed by atoms with Crippen molar-refractivity contribution in [1.29, 1.82) is 0 Å². The zero-order valence-electron chi connectivity index (χ0n) is 19.6. The molecule has 1 aliphatic heterocycles. The molecular formula is C28H30N2O5. The minimum atomic E-state index is -0.750. The van der Waals surface area contributed by atoms with E-state index in [0.717, 1.165) is 25.7 Å². The number of carbonyl (C=O) groups excluding carboxylic acids is 2. The van der Waals surface area contributed by atoms with Crippen molar-refractivity contribution in [3.05, 3.63) is 59.7 Å². The number of piperidine rings is 1. The number of nitrogens with zero attached hydrogens (tertiary/aromatic N) is 1. The van der Waals surface area contributed by atoms with Crippen molar-refractivity contribution >= 4 is 18.0 Å². The molecule has 1 unspecified atom stereocenters. The Morgan fingerprint density at radius 2 is 1.51 bits per heavy atom. The average molecular weight is 475 g/mol. The van der Waals surface area contributed by atoms with Gasteiger partial charge in [-0.1, -0.05) is 61.4 Å². The van der Waals surface area contributed by atoms with E-state index in [1.807, 2.05) is 29.2 Å². The van der Waals surface area contributed by atoms with Crippen LogP contribution in [0.15, 0.2) is 48.5 Å². The summed E-state index contributed by atoms with van der Waals surface area (Å²) in [5.41, 5.74) is 4.70. The van der Waals surface area contributed by atoms with E-state index in [-0.39, 0.29) is 48.1 Å². The molecule has 35 heavy (non-hydrogen) atoms. The number of amides is 2. The number of likely N-dealkylation sites (tertiary alicyclic amines) is 1. The molecule has 5 atom stereocenters. The van der Waals surface area contributed by atoms with Gasteiger partial charge in [0, 0.05) is 25.0 Å². The maximum Gasteiger partial charge on any atom is 0.407 e.